The Kier molecular flexibility index (Phi) is 4.56. The van der Waals surface area contributed by atoms with E-state index >= 15 is 0 Å². The number of hydrogen-bond acceptors (Lipinski definition) is 2. The Morgan fingerprint density at radius 2 is 1.52 bits per heavy atom. The highest BCUT2D eigenvalue weighted by Crippen LogP contribution is 2.23. The minimum atomic E-state index is 0.348. The van der Waals surface area contributed by atoms with Crippen molar-refractivity contribution in [3.63, 3.8) is 0 Å². The van der Waals surface area contributed by atoms with Crippen LogP contribution in [0, 0.1) is 5.92 Å². The fraction of sp³-hybridized carbons (Fsp3) is 0.368. The predicted molar refractivity (Wildman–Crippen MR) is 86.3 cm³/mol. The van der Waals surface area contributed by atoms with Crippen molar-refractivity contribution in [2.45, 2.75) is 25.8 Å². The molecule has 0 amide bonds. The molecule has 1 saturated heterocycles. The number of benzene rings is 2. The number of phenolic OH excluding ortho intramolecular Hbond substituents is 1. The molecule has 0 spiro atoms. The van der Waals surface area contributed by atoms with E-state index in [1.54, 1.807) is 12.1 Å². The second kappa shape index (κ2) is 6.77. The van der Waals surface area contributed by atoms with Gasteiger partial charge in [-0.05, 0) is 61.5 Å². The third kappa shape index (κ3) is 4.08. The van der Waals surface area contributed by atoms with Gasteiger partial charge in [-0.3, -0.25) is 4.90 Å². The van der Waals surface area contributed by atoms with Crippen molar-refractivity contribution in [1.29, 1.82) is 0 Å². The average Bonchev–Trinajstić information content (AvgIpc) is 2.53. The van der Waals surface area contributed by atoms with Crippen molar-refractivity contribution in [3.05, 3.63) is 65.7 Å². The molecule has 1 fully saturated rings. The van der Waals surface area contributed by atoms with Gasteiger partial charge < -0.3 is 5.11 Å². The Labute approximate surface area is 127 Å². The quantitative estimate of drug-likeness (QED) is 0.920. The van der Waals surface area contributed by atoms with Gasteiger partial charge in [0, 0.05) is 6.54 Å². The monoisotopic (exact) mass is 281 g/mol. The number of rotatable bonds is 4. The zero-order valence-corrected chi connectivity index (χ0v) is 12.4. The lowest BCUT2D eigenvalue weighted by molar-refractivity contribution is 0.177. The molecule has 0 aliphatic carbocycles. The molecule has 0 aromatic heterocycles. The van der Waals surface area contributed by atoms with Gasteiger partial charge in [0.2, 0.25) is 0 Å². The highest BCUT2D eigenvalue weighted by atomic mass is 16.3. The van der Waals surface area contributed by atoms with Crippen LogP contribution in [0.4, 0.5) is 0 Å². The first-order valence-electron chi connectivity index (χ1n) is 7.84. The first-order valence-corrected chi connectivity index (χ1v) is 7.84. The van der Waals surface area contributed by atoms with E-state index in [9.17, 15) is 5.11 Å². The molecule has 1 N–H and O–H groups in total. The summed E-state index contributed by atoms with van der Waals surface area (Å²) in [5.74, 6) is 1.17. The number of aromatic hydroxyl groups is 1. The van der Waals surface area contributed by atoms with E-state index < -0.39 is 0 Å². The molecular formula is C19H23NO. The molecule has 0 atom stereocenters. The lowest BCUT2D eigenvalue weighted by Gasteiger charge is -2.32. The van der Waals surface area contributed by atoms with Gasteiger partial charge in [0.25, 0.3) is 0 Å². The Morgan fingerprint density at radius 3 is 2.19 bits per heavy atom. The van der Waals surface area contributed by atoms with Crippen LogP contribution in [0.2, 0.25) is 0 Å². The fourth-order valence-corrected chi connectivity index (χ4v) is 3.16. The highest BCUT2D eigenvalue weighted by Gasteiger charge is 2.19. The third-order valence-electron chi connectivity index (χ3n) is 4.42. The summed E-state index contributed by atoms with van der Waals surface area (Å²) in [6, 6.07) is 18.4. The van der Waals surface area contributed by atoms with Crippen molar-refractivity contribution in [3.8, 4) is 5.75 Å². The van der Waals surface area contributed by atoms with Gasteiger partial charge in [-0.25, -0.2) is 0 Å². The summed E-state index contributed by atoms with van der Waals surface area (Å²) in [6.45, 7) is 3.36. The average molecular weight is 281 g/mol. The van der Waals surface area contributed by atoms with E-state index in [0.29, 0.717) is 5.75 Å². The van der Waals surface area contributed by atoms with Crippen LogP contribution in [0.1, 0.15) is 24.0 Å². The van der Waals surface area contributed by atoms with Crippen LogP contribution in [-0.4, -0.2) is 23.1 Å². The van der Waals surface area contributed by atoms with Gasteiger partial charge in [-0.1, -0.05) is 42.5 Å². The van der Waals surface area contributed by atoms with Gasteiger partial charge >= 0.3 is 0 Å². The van der Waals surface area contributed by atoms with Crippen molar-refractivity contribution in [2.75, 3.05) is 13.1 Å². The number of nitrogens with zero attached hydrogens (tertiary/aromatic N) is 1. The second-order valence-electron chi connectivity index (χ2n) is 6.08. The normalized spacial score (nSPS) is 17.0. The molecule has 0 saturated carbocycles. The molecule has 0 radical (unpaired) electrons. The molecular weight excluding hydrogens is 258 g/mol. The smallest absolute Gasteiger partial charge is 0.115 e. The van der Waals surface area contributed by atoms with Crippen molar-refractivity contribution >= 4 is 0 Å². The Balaban J connectivity index is 1.47. The van der Waals surface area contributed by atoms with E-state index in [1.165, 1.54) is 43.5 Å². The van der Waals surface area contributed by atoms with E-state index in [2.05, 4.69) is 35.2 Å². The Bertz CT molecular complexity index is 542. The molecule has 3 rings (SSSR count). The maximum atomic E-state index is 9.32. The minimum absolute atomic E-state index is 0.348. The molecule has 1 heterocycles. The van der Waals surface area contributed by atoms with E-state index in [1.807, 2.05) is 12.1 Å². The van der Waals surface area contributed by atoms with Crippen LogP contribution in [0.5, 0.6) is 5.75 Å². The SMILES string of the molecule is Oc1ccc(CN2CCC(Cc3ccccc3)CC2)cc1. The van der Waals surface area contributed by atoms with Gasteiger partial charge in [-0.15, -0.1) is 0 Å². The third-order valence-corrected chi connectivity index (χ3v) is 4.42. The zero-order chi connectivity index (χ0) is 14.5. The van der Waals surface area contributed by atoms with Crippen molar-refractivity contribution in [2.24, 2.45) is 5.92 Å². The zero-order valence-electron chi connectivity index (χ0n) is 12.4. The lowest BCUT2D eigenvalue weighted by atomic mass is 9.90. The second-order valence-corrected chi connectivity index (χ2v) is 6.08. The van der Waals surface area contributed by atoms with E-state index in [-0.39, 0.29) is 0 Å². The van der Waals surface area contributed by atoms with Crippen LogP contribution >= 0.6 is 0 Å². The maximum Gasteiger partial charge on any atom is 0.115 e. The summed E-state index contributed by atoms with van der Waals surface area (Å²) in [4.78, 5) is 2.52. The molecule has 110 valence electrons. The Morgan fingerprint density at radius 1 is 0.857 bits per heavy atom. The van der Waals surface area contributed by atoms with Crippen molar-refractivity contribution in [1.82, 2.24) is 4.90 Å². The standard InChI is InChI=1S/C19H23NO/c21-19-8-6-18(7-9-19)15-20-12-10-17(11-13-20)14-16-4-2-1-3-5-16/h1-9,17,21H,10-15H2. The van der Waals surface area contributed by atoms with Crippen LogP contribution in [0.3, 0.4) is 0 Å². The first kappa shape index (κ1) is 14.2. The molecule has 0 unspecified atom stereocenters. The maximum absolute atomic E-state index is 9.32. The molecule has 2 heteroatoms. The summed E-state index contributed by atoms with van der Waals surface area (Å²) in [6.07, 6.45) is 3.79. The molecule has 21 heavy (non-hydrogen) atoms. The summed E-state index contributed by atoms with van der Waals surface area (Å²) < 4.78 is 0. The number of likely N-dealkylation sites (tertiary alicyclic amines) is 1. The summed E-state index contributed by atoms with van der Waals surface area (Å²) in [5.41, 5.74) is 2.75. The topological polar surface area (TPSA) is 23.5 Å². The summed E-state index contributed by atoms with van der Waals surface area (Å²) >= 11 is 0. The molecule has 0 bridgehead atoms. The van der Waals surface area contributed by atoms with Crippen LogP contribution < -0.4 is 0 Å². The largest absolute Gasteiger partial charge is 0.508 e. The van der Waals surface area contributed by atoms with Crippen molar-refractivity contribution < 1.29 is 5.11 Å². The molecule has 1 aliphatic rings. The van der Waals surface area contributed by atoms with Crippen LogP contribution in [0.15, 0.2) is 54.6 Å². The van der Waals surface area contributed by atoms with Gasteiger partial charge in [-0.2, -0.15) is 0 Å². The van der Waals surface area contributed by atoms with Crippen LogP contribution in [0.25, 0.3) is 0 Å². The minimum Gasteiger partial charge on any atom is -0.508 e. The fourth-order valence-electron chi connectivity index (χ4n) is 3.16. The first-order chi connectivity index (χ1) is 10.3. The summed E-state index contributed by atoms with van der Waals surface area (Å²) in [5, 5.41) is 9.32. The van der Waals surface area contributed by atoms with Gasteiger partial charge in [0.15, 0.2) is 0 Å². The number of hydrogen-bond donors (Lipinski definition) is 1. The van der Waals surface area contributed by atoms with Gasteiger partial charge in [0.05, 0.1) is 0 Å². The lowest BCUT2D eigenvalue weighted by Crippen LogP contribution is -2.33. The van der Waals surface area contributed by atoms with Gasteiger partial charge in [0.1, 0.15) is 5.75 Å². The molecule has 2 aromatic rings. The number of piperidine rings is 1. The summed E-state index contributed by atoms with van der Waals surface area (Å²) in [7, 11) is 0. The molecule has 2 nitrogen and oxygen atoms in total. The van der Waals surface area contributed by atoms with E-state index in [0.717, 1.165) is 12.5 Å². The molecule has 2 aromatic carbocycles. The molecule has 1 aliphatic heterocycles. The van der Waals surface area contributed by atoms with Crippen LogP contribution in [-0.2, 0) is 13.0 Å². The van der Waals surface area contributed by atoms with E-state index in [4.69, 9.17) is 0 Å². The highest BCUT2D eigenvalue weighted by molar-refractivity contribution is 5.25. The predicted octanol–water partition coefficient (Wildman–Crippen LogP) is 3.85. The Hall–Kier alpha value is -1.80. The number of phenols is 1.